The summed E-state index contributed by atoms with van der Waals surface area (Å²) in [5.41, 5.74) is 5.58. The van der Waals surface area contributed by atoms with Gasteiger partial charge in [0.1, 0.15) is 11.6 Å². The second-order valence-corrected chi connectivity index (χ2v) is 5.64. The monoisotopic (exact) mass is 332 g/mol. The molecule has 1 aromatic heterocycles. The van der Waals surface area contributed by atoms with Crippen molar-refractivity contribution in [2.75, 3.05) is 0 Å². The molecule has 2 heterocycles. The van der Waals surface area contributed by atoms with E-state index in [2.05, 4.69) is 9.97 Å². The molecule has 1 aliphatic heterocycles. The highest BCUT2D eigenvalue weighted by Gasteiger charge is 2.34. The quantitative estimate of drug-likeness (QED) is 0.622. The Morgan fingerprint density at radius 3 is 2.64 bits per heavy atom. The Balaban J connectivity index is 2.11. The van der Waals surface area contributed by atoms with E-state index in [-0.39, 0.29) is 22.9 Å². The van der Waals surface area contributed by atoms with Gasteiger partial charge in [0, 0.05) is 0 Å². The fraction of sp³-hybridized carbons (Fsp3) is 0.0556. The number of ether oxygens (including phenoxy) is 1. The highest BCUT2D eigenvalue weighted by Crippen LogP contribution is 2.40. The number of fused-ring (bicyclic) bond motifs is 2. The first-order valence-electron chi connectivity index (χ1n) is 7.52. The number of aromatic nitrogens is 2. The van der Waals surface area contributed by atoms with Gasteiger partial charge in [0.25, 0.3) is 5.56 Å². The zero-order valence-electron chi connectivity index (χ0n) is 12.9. The number of rotatable bonds is 1. The van der Waals surface area contributed by atoms with E-state index < -0.39 is 17.2 Å². The number of hydrogen-bond acceptors (Lipinski definition) is 5. The molecule has 0 spiro atoms. The number of nitriles is 1. The second-order valence-electron chi connectivity index (χ2n) is 5.64. The smallest absolute Gasteiger partial charge is 0.328 e. The number of nitrogens with two attached hydrogens (primary N) is 1. The van der Waals surface area contributed by atoms with Gasteiger partial charge in [-0.1, -0.05) is 42.5 Å². The number of allylic oxidation sites excluding steroid dienone is 1. The Morgan fingerprint density at radius 1 is 1.08 bits per heavy atom. The molecule has 122 valence electrons. The van der Waals surface area contributed by atoms with Crippen LogP contribution in [0, 0.1) is 11.3 Å². The minimum atomic E-state index is -0.736. The summed E-state index contributed by atoms with van der Waals surface area (Å²) < 4.78 is 5.32. The molecule has 0 unspecified atom stereocenters. The van der Waals surface area contributed by atoms with Crippen molar-refractivity contribution in [2.45, 2.75) is 5.92 Å². The van der Waals surface area contributed by atoms with E-state index in [0.717, 1.165) is 16.3 Å². The first-order chi connectivity index (χ1) is 12.1. The van der Waals surface area contributed by atoms with E-state index in [4.69, 9.17) is 10.5 Å². The summed E-state index contributed by atoms with van der Waals surface area (Å²) in [5.74, 6) is -0.905. The standard InChI is InChI=1S/C18H12N4O3/c19-8-12-13(11-7-3-5-9-4-1-2-6-10(9)11)14-16(23)21-18(24)22-17(14)25-15(12)20/h1-7,13H,20H2,(H2,21,22,23,24)/t13-/m1/s1. The Hall–Kier alpha value is -3.79. The number of nitrogens with one attached hydrogen (secondary N) is 2. The van der Waals surface area contributed by atoms with Crippen molar-refractivity contribution in [1.82, 2.24) is 9.97 Å². The van der Waals surface area contributed by atoms with Gasteiger partial charge in [-0.15, -0.1) is 0 Å². The second kappa shape index (κ2) is 5.39. The molecule has 0 bridgehead atoms. The summed E-state index contributed by atoms with van der Waals surface area (Å²) >= 11 is 0. The van der Waals surface area contributed by atoms with Crippen molar-refractivity contribution in [3.8, 4) is 11.9 Å². The third kappa shape index (κ3) is 2.20. The molecular weight excluding hydrogens is 320 g/mol. The lowest BCUT2D eigenvalue weighted by Crippen LogP contribution is -2.33. The van der Waals surface area contributed by atoms with Crippen LogP contribution in [-0.2, 0) is 0 Å². The van der Waals surface area contributed by atoms with Gasteiger partial charge in [-0.3, -0.25) is 14.8 Å². The SMILES string of the molecule is N#CC1=C(N)Oc2[nH]c(=O)[nH]c(=O)c2[C@@H]1c1cccc2ccccc12. The lowest BCUT2D eigenvalue weighted by atomic mass is 9.83. The van der Waals surface area contributed by atoms with Gasteiger partial charge in [-0.25, -0.2) is 4.79 Å². The highest BCUT2D eigenvalue weighted by molar-refractivity contribution is 5.87. The van der Waals surface area contributed by atoms with Gasteiger partial charge in [-0.05, 0) is 16.3 Å². The average molecular weight is 332 g/mol. The van der Waals surface area contributed by atoms with E-state index in [1.807, 2.05) is 48.5 Å². The fourth-order valence-corrected chi connectivity index (χ4v) is 3.20. The Kier molecular flexibility index (Phi) is 3.18. The molecule has 4 N–H and O–H groups in total. The van der Waals surface area contributed by atoms with Crippen LogP contribution in [0.4, 0.5) is 0 Å². The third-order valence-corrected chi connectivity index (χ3v) is 4.25. The summed E-state index contributed by atoms with van der Waals surface area (Å²) in [6.45, 7) is 0. The zero-order valence-corrected chi connectivity index (χ0v) is 12.9. The average Bonchev–Trinajstić information content (AvgIpc) is 2.60. The maximum Gasteiger partial charge on any atom is 0.328 e. The van der Waals surface area contributed by atoms with Crippen LogP contribution in [0.3, 0.4) is 0 Å². The number of nitrogens with zero attached hydrogens (tertiary/aromatic N) is 1. The predicted octanol–water partition coefficient (Wildman–Crippen LogP) is 1.43. The minimum absolute atomic E-state index is 0.0387. The van der Waals surface area contributed by atoms with E-state index in [1.54, 1.807) is 0 Å². The third-order valence-electron chi connectivity index (χ3n) is 4.25. The van der Waals surface area contributed by atoms with Gasteiger partial charge in [0.2, 0.25) is 11.8 Å². The van der Waals surface area contributed by atoms with E-state index >= 15 is 0 Å². The fourth-order valence-electron chi connectivity index (χ4n) is 3.20. The minimum Gasteiger partial charge on any atom is -0.424 e. The van der Waals surface area contributed by atoms with Crippen molar-refractivity contribution in [3.63, 3.8) is 0 Å². The molecule has 0 aliphatic carbocycles. The molecule has 2 aromatic carbocycles. The van der Waals surface area contributed by atoms with Crippen molar-refractivity contribution >= 4 is 10.8 Å². The lowest BCUT2D eigenvalue weighted by Gasteiger charge is -2.25. The van der Waals surface area contributed by atoms with Crippen LogP contribution in [0.2, 0.25) is 0 Å². The lowest BCUT2D eigenvalue weighted by molar-refractivity contribution is 0.373. The Labute approximate surface area is 141 Å². The molecule has 0 amide bonds. The summed E-state index contributed by atoms with van der Waals surface area (Å²) in [7, 11) is 0. The number of aromatic amines is 2. The van der Waals surface area contributed by atoms with Gasteiger partial charge < -0.3 is 10.5 Å². The van der Waals surface area contributed by atoms with Gasteiger partial charge in [0.15, 0.2) is 0 Å². The van der Waals surface area contributed by atoms with Gasteiger partial charge in [-0.2, -0.15) is 5.26 Å². The molecular formula is C18H12N4O3. The van der Waals surface area contributed by atoms with Crippen LogP contribution in [0.25, 0.3) is 10.8 Å². The summed E-state index contributed by atoms with van der Waals surface area (Å²) in [6, 6.07) is 15.3. The topological polar surface area (TPSA) is 125 Å². The Morgan fingerprint density at radius 2 is 1.84 bits per heavy atom. The molecule has 0 saturated carbocycles. The predicted molar refractivity (Wildman–Crippen MR) is 90.9 cm³/mol. The number of hydrogen-bond donors (Lipinski definition) is 3. The Bertz CT molecular complexity index is 1190. The van der Waals surface area contributed by atoms with Crippen LogP contribution in [0.15, 0.2) is 63.5 Å². The van der Waals surface area contributed by atoms with Crippen molar-refractivity contribution < 1.29 is 4.74 Å². The molecule has 4 rings (SSSR count). The first-order valence-corrected chi connectivity index (χ1v) is 7.52. The molecule has 1 atom stereocenters. The van der Waals surface area contributed by atoms with Gasteiger partial charge >= 0.3 is 5.69 Å². The summed E-state index contributed by atoms with van der Waals surface area (Å²) in [5, 5.41) is 11.4. The van der Waals surface area contributed by atoms with Crippen LogP contribution in [0.5, 0.6) is 5.88 Å². The molecule has 1 aliphatic rings. The largest absolute Gasteiger partial charge is 0.424 e. The first kappa shape index (κ1) is 14.8. The van der Waals surface area contributed by atoms with E-state index in [1.165, 1.54) is 0 Å². The van der Waals surface area contributed by atoms with Crippen molar-refractivity contribution in [1.29, 1.82) is 5.26 Å². The van der Waals surface area contributed by atoms with Crippen molar-refractivity contribution in [2.24, 2.45) is 5.73 Å². The summed E-state index contributed by atoms with van der Waals surface area (Å²) in [6.07, 6.45) is 0. The zero-order chi connectivity index (χ0) is 17.6. The molecule has 7 nitrogen and oxygen atoms in total. The number of H-pyrrole nitrogens is 2. The van der Waals surface area contributed by atoms with Crippen LogP contribution in [0.1, 0.15) is 17.0 Å². The molecule has 7 heteroatoms. The van der Waals surface area contributed by atoms with Gasteiger partial charge in [0.05, 0.1) is 11.5 Å². The van der Waals surface area contributed by atoms with Crippen LogP contribution >= 0.6 is 0 Å². The maximum atomic E-state index is 12.4. The molecule has 0 saturated heterocycles. The van der Waals surface area contributed by atoms with E-state index in [9.17, 15) is 14.9 Å². The molecule has 3 aromatic rings. The molecule has 0 radical (unpaired) electrons. The maximum absolute atomic E-state index is 12.4. The summed E-state index contributed by atoms with van der Waals surface area (Å²) in [4.78, 5) is 28.6. The van der Waals surface area contributed by atoms with E-state index in [0.29, 0.717) is 0 Å². The highest BCUT2D eigenvalue weighted by atomic mass is 16.5. The molecule has 25 heavy (non-hydrogen) atoms. The van der Waals surface area contributed by atoms with Crippen LogP contribution in [-0.4, -0.2) is 9.97 Å². The number of benzene rings is 2. The van der Waals surface area contributed by atoms with Crippen LogP contribution < -0.4 is 21.7 Å². The molecule has 0 fully saturated rings. The van der Waals surface area contributed by atoms with Crippen molar-refractivity contribution in [3.05, 3.63) is 85.9 Å². The normalized spacial score (nSPS) is 16.2.